The van der Waals surface area contributed by atoms with Crippen LogP contribution in [0.3, 0.4) is 0 Å². The zero-order chi connectivity index (χ0) is 20.9. The van der Waals surface area contributed by atoms with Crippen LogP contribution in [0.25, 0.3) is 0 Å². The summed E-state index contributed by atoms with van der Waals surface area (Å²) >= 11 is 0. The molecule has 0 spiro atoms. The van der Waals surface area contributed by atoms with Gasteiger partial charge in [0.2, 0.25) is 0 Å². The molecule has 1 heterocycles. The molecular weight excluding hydrogens is 379 g/mol. The first-order valence-electron chi connectivity index (χ1n) is 8.20. The molecule has 0 unspecified atom stereocenters. The van der Waals surface area contributed by atoms with Gasteiger partial charge >= 0.3 is 6.18 Å². The number of nitrogens with zero attached hydrogens (tertiary/aromatic N) is 1. The molecule has 0 saturated heterocycles. The van der Waals surface area contributed by atoms with E-state index in [-0.39, 0.29) is 11.7 Å². The van der Waals surface area contributed by atoms with Crippen molar-refractivity contribution in [2.45, 2.75) is 32.7 Å². The summed E-state index contributed by atoms with van der Waals surface area (Å²) < 4.78 is 44.2. The van der Waals surface area contributed by atoms with Crippen molar-refractivity contribution in [2.75, 3.05) is 0 Å². The van der Waals surface area contributed by atoms with Crippen LogP contribution in [0.1, 0.15) is 29.8 Å². The average molecular weight is 397 g/mol. The van der Waals surface area contributed by atoms with E-state index in [0.717, 1.165) is 12.3 Å². The SMILES string of the molecule is CC(C)Oc1ccc(C(=O)NNC(=O)Cn2cccc(C(F)(F)F)c2=O)cc1. The van der Waals surface area contributed by atoms with E-state index >= 15 is 0 Å². The Labute approximate surface area is 158 Å². The van der Waals surface area contributed by atoms with Gasteiger partial charge in [-0.1, -0.05) is 0 Å². The van der Waals surface area contributed by atoms with Crippen molar-refractivity contribution in [3.63, 3.8) is 0 Å². The number of carbonyl (C=O) groups excluding carboxylic acids is 2. The van der Waals surface area contributed by atoms with Gasteiger partial charge in [-0.05, 0) is 50.2 Å². The highest BCUT2D eigenvalue weighted by molar-refractivity contribution is 5.95. The van der Waals surface area contributed by atoms with Crippen molar-refractivity contribution < 1.29 is 27.5 Å². The molecule has 1 aromatic heterocycles. The number of benzene rings is 1. The fourth-order valence-corrected chi connectivity index (χ4v) is 2.23. The number of aromatic nitrogens is 1. The zero-order valence-electron chi connectivity index (χ0n) is 15.0. The molecular formula is C18H18F3N3O4. The fourth-order valence-electron chi connectivity index (χ4n) is 2.23. The predicted molar refractivity (Wildman–Crippen MR) is 93.5 cm³/mol. The molecule has 150 valence electrons. The summed E-state index contributed by atoms with van der Waals surface area (Å²) in [5, 5.41) is 0. The number of amides is 2. The van der Waals surface area contributed by atoms with E-state index in [4.69, 9.17) is 4.74 Å². The second-order valence-electron chi connectivity index (χ2n) is 6.05. The quantitative estimate of drug-likeness (QED) is 0.757. The van der Waals surface area contributed by atoms with Gasteiger partial charge in [0, 0.05) is 11.8 Å². The van der Waals surface area contributed by atoms with Gasteiger partial charge in [0.15, 0.2) is 0 Å². The van der Waals surface area contributed by atoms with Gasteiger partial charge in [-0.2, -0.15) is 13.2 Å². The number of alkyl halides is 3. The molecule has 7 nitrogen and oxygen atoms in total. The minimum absolute atomic E-state index is 0.0294. The lowest BCUT2D eigenvalue weighted by molar-refractivity contribution is -0.139. The third-order valence-corrected chi connectivity index (χ3v) is 3.44. The number of hydrogen-bond acceptors (Lipinski definition) is 4. The van der Waals surface area contributed by atoms with Crippen molar-refractivity contribution in [2.24, 2.45) is 0 Å². The van der Waals surface area contributed by atoms with Crippen LogP contribution in [0.2, 0.25) is 0 Å². The number of nitrogens with one attached hydrogen (secondary N) is 2. The average Bonchev–Trinajstić information content (AvgIpc) is 2.60. The zero-order valence-corrected chi connectivity index (χ0v) is 15.0. The summed E-state index contributed by atoms with van der Waals surface area (Å²) in [6.07, 6.45) is -3.80. The Hall–Kier alpha value is -3.30. The molecule has 10 heteroatoms. The first-order valence-corrected chi connectivity index (χ1v) is 8.20. The highest BCUT2D eigenvalue weighted by Crippen LogP contribution is 2.25. The maximum absolute atomic E-state index is 12.7. The second-order valence-corrected chi connectivity index (χ2v) is 6.05. The molecule has 0 fully saturated rings. The molecule has 0 aliphatic rings. The number of hydrogen-bond donors (Lipinski definition) is 2. The molecule has 2 N–H and O–H groups in total. The van der Waals surface area contributed by atoms with Crippen molar-refractivity contribution in [3.05, 3.63) is 64.1 Å². The maximum atomic E-state index is 12.7. The molecule has 2 aromatic rings. The maximum Gasteiger partial charge on any atom is 0.421 e. The third kappa shape index (κ3) is 5.60. The molecule has 0 saturated carbocycles. The lowest BCUT2D eigenvalue weighted by Gasteiger charge is -2.12. The van der Waals surface area contributed by atoms with Crippen molar-refractivity contribution in [3.8, 4) is 5.75 Å². The number of halogens is 3. The van der Waals surface area contributed by atoms with Crippen LogP contribution in [0.4, 0.5) is 13.2 Å². The van der Waals surface area contributed by atoms with Crippen LogP contribution in [0.15, 0.2) is 47.4 Å². The van der Waals surface area contributed by atoms with E-state index < -0.39 is 35.7 Å². The molecule has 28 heavy (non-hydrogen) atoms. The summed E-state index contributed by atoms with van der Waals surface area (Å²) in [5.74, 6) is -0.935. The molecule has 0 aliphatic heterocycles. The van der Waals surface area contributed by atoms with Gasteiger partial charge in [0.1, 0.15) is 17.9 Å². The van der Waals surface area contributed by atoms with Crippen molar-refractivity contribution in [1.29, 1.82) is 0 Å². The van der Waals surface area contributed by atoms with Crippen LogP contribution >= 0.6 is 0 Å². The summed E-state index contributed by atoms with van der Waals surface area (Å²) in [5.41, 5.74) is 1.68. The van der Waals surface area contributed by atoms with E-state index in [1.807, 2.05) is 13.8 Å². The Balaban J connectivity index is 1.96. The number of pyridine rings is 1. The summed E-state index contributed by atoms with van der Waals surface area (Å²) in [7, 11) is 0. The number of hydrazine groups is 1. The highest BCUT2D eigenvalue weighted by atomic mass is 19.4. The molecule has 2 rings (SSSR count). The Morgan fingerprint density at radius 1 is 1.11 bits per heavy atom. The topological polar surface area (TPSA) is 89.4 Å². The van der Waals surface area contributed by atoms with Gasteiger partial charge in [-0.25, -0.2) is 0 Å². The van der Waals surface area contributed by atoms with E-state index in [0.29, 0.717) is 16.4 Å². The predicted octanol–water partition coefficient (Wildman–Crippen LogP) is 2.12. The van der Waals surface area contributed by atoms with Crippen molar-refractivity contribution >= 4 is 11.8 Å². The molecule has 0 radical (unpaired) electrons. The standard InChI is InChI=1S/C18H18F3N3O4/c1-11(2)28-13-7-5-12(6-8-13)16(26)23-22-15(25)10-24-9-3-4-14(17(24)27)18(19,20)21/h3-9,11H,10H2,1-2H3,(H,22,25)(H,23,26). The molecule has 0 aliphatic carbocycles. The van der Waals surface area contributed by atoms with Crippen molar-refractivity contribution in [1.82, 2.24) is 15.4 Å². The Morgan fingerprint density at radius 3 is 2.32 bits per heavy atom. The number of ether oxygens (including phenoxy) is 1. The van der Waals surface area contributed by atoms with Gasteiger partial charge in [0.25, 0.3) is 17.4 Å². The van der Waals surface area contributed by atoms with Crippen LogP contribution in [0.5, 0.6) is 5.75 Å². The van der Waals surface area contributed by atoms with Gasteiger partial charge in [-0.15, -0.1) is 0 Å². The van der Waals surface area contributed by atoms with Crippen LogP contribution in [-0.4, -0.2) is 22.5 Å². The summed E-state index contributed by atoms with van der Waals surface area (Å²) in [6.45, 7) is 3.02. The second kappa shape index (κ2) is 8.59. The van der Waals surface area contributed by atoms with E-state index in [1.54, 1.807) is 12.1 Å². The largest absolute Gasteiger partial charge is 0.491 e. The normalized spacial score (nSPS) is 11.2. The molecule has 2 amide bonds. The Bertz CT molecular complexity index is 906. The van der Waals surface area contributed by atoms with E-state index in [1.165, 1.54) is 12.1 Å². The first kappa shape index (κ1) is 21.0. The van der Waals surface area contributed by atoms with Crippen LogP contribution < -0.4 is 21.1 Å². The number of carbonyl (C=O) groups is 2. The summed E-state index contributed by atoms with van der Waals surface area (Å²) in [4.78, 5) is 35.6. The third-order valence-electron chi connectivity index (χ3n) is 3.44. The minimum atomic E-state index is -4.82. The Kier molecular flexibility index (Phi) is 6.45. The lowest BCUT2D eigenvalue weighted by Crippen LogP contribution is -2.44. The molecule has 0 atom stereocenters. The van der Waals surface area contributed by atoms with E-state index in [2.05, 4.69) is 10.9 Å². The van der Waals surface area contributed by atoms with Gasteiger partial charge < -0.3 is 9.30 Å². The monoisotopic (exact) mass is 397 g/mol. The van der Waals surface area contributed by atoms with Crippen LogP contribution in [-0.2, 0) is 17.5 Å². The summed E-state index contributed by atoms with van der Waals surface area (Å²) in [6, 6.07) is 7.77. The van der Waals surface area contributed by atoms with E-state index in [9.17, 15) is 27.6 Å². The smallest absolute Gasteiger partial charge is 0.421 e. The lowest BCUT2D eigenvalue weighted by atomic mass is 10.2. The van der Waals surface area contributed by atoms with Crippen LogP contribution in [0, 0.1) is 0 Å². The van der Waals surface area contributed by atoms with Gasteiger partial charge in [0.05, 0.1) is 6.10 Å². The first-order chi connectivity index (χ1) is 13.1. The molecule has 0 bridgehead atoms. The highest BCUT2D eigenvalue weighted by Gasteiger charge is 2.34. The number of rotatable bonds is 5. The molecule has 1 aromatic carbocycles. The minimum Gasteiger partial charge on any atom is -0.491 e. The van der Waals surface area contributed by atoms with Gasteiger partial charge in [-0.3, -0.25) is 25.2 Å². The Morgan fingerprint density at radius 2 is 1.75 bits per heavy atom. The fraction of sp³-hybridized carbons (Fsp3) is 0.278.